The van der Waals surface area contributed by atoms with E-state index in [1.807, 2.05) is 4.90 Å². The maximum absolute atomic E-state index is 11.0. The number of nitrogens with two attached hydrogens (primary N) is 1. The lowest BCUT2D eigenvalue weighted by Crippen LogP contribution is -2.33. The maximum Gasteiger partial charge on any atom is 0.345 e. The molecule has 1 aromatic rings. The van der Waals surface area contributed by atoms with Gasteiger partial charge in [0, 0.05) is 6.54 Å². The minimum Gasteiger partial charge on any atom is -0.477 e. The molecule has 0 atom stereocenters. The molecule has 0 saturated carbocycles. The first-order valence-corrected chi connectivity index (χ1v) is 6.22. The molecule has 0 bridgehead atoms. The fraction of sp³-hybridized carbons (Fsp3) is 0.455. The monoisotopic (exact) mass is 256 g/mol. The number of unbranched alkanes of at least 4 members (excludes halogenated alkanes) is 1. The Hall–Kier alpha value is -1.56. The topological polar surface area (TPSA) is 83.6 Å². The quantitative estimate of drug-likeness (QED) is 0.775. The molecule has 0 aliphatic carbocycles. The first-order valence-electron chi connectivity index (χ1n) is 5.41. The molecular formula is C11H16N2O3S. The largest absolute Gasteiger partial charge is 0.477 e. The zero-order chi connectivity index (χ0) is 12.8. The van der Waals surface area contributed by atoms with Crippen molar-refractivity contribution in [3.05, 3.63) is 17.0 Å². The summed E-state index contributed by atoms with van der Waals surface area (Å²) in [5.41, 5.74) is 5.18. The third-order valence-electron chi connectivity index (χ3n) is 2.24. The molecule has 3 N–H and O–H groups in total. The van der Waals surface area contributed by atoms with Gasteiger partial charge in [-0.2, -0.15) is 0 Å². The van der Waals surface area contributed by atoms with Crippen LogP contribution < -0.4 is 10.6 Å². The van der Waals surface area contributed by atoms with Crippen molar-refractivity contribution in [1.82, 2.24) is 0 Å². The van der Waals surface area contributed by atoms with Gasteiger partial charge < -0.3 is 15.7 Å². The number of carbonyl (C=O) groups excluding carboxylic acids is 1. The summed E-state index contributed by atoms with van der Waals surface area (Å²) in [6.45, 7) is 2.89. The first kappa shape index (κ1) is 13.5. The van der Waals surface area contributed by atoms with Crippen molar-refractivity contribution >= 4 is 28.2 Å². The second kappa shape index (κ2) is 6.24. The highest BCUT2D eigenvalue weighted by atomic mass is 32.1. The van der Waals surface area contributed by atoms with Crippen molar-refractivity contribution in [2.24, 2.45) is 5.73 Å². The van der Waals surface area contributed by atoms with Crippen molar-refractivity contribution in [3.63, 3.8) is 0 Å². The van der Waals surface area contributed by atoms with Gasteiger partial charge >= 0.3 is 5.97 Å². The molecule has 1 amide bonds. The molecule has 1 rings (SSSR count). The number of rotatable bonds is 7. The molecule has 6 heteroatoms. The summed E-state index contributed by atoms with van der Waals surface area (Å²) in [5, 5.41) is 9.61. The van der Waals surface area contributed by atoms with Crippen LogP contribution in [0, 0.1) is 0 Å². The van der Waals surface area contributed by atoms with Crippen LogP contribution in [0.3, 0.4) is 0 Å². The summed E-state index contributed by atoms with van der Waals surface area (Å²) < 4.78 is 0. The van der Waals surface area contributed by atoms with Gasteiger partial charge in [-0.15, -0.1) is 11.3 Å². The summed E-state index contributed by atoms with van der Waals surface area (Å²) in [5.74, 6) is -1.36. The zero-order valence-corrected chi connectivity index (χ0v) is 10.5. The lowest BCUT2D eigenvalue weighted by atomic mass is 10.3. The van der Waals surface area contributed by atoms with Crippen LogP contribution in [-0.2, 0) is 4.79 Å². The van der Waals surface area contributed by atoms with Gasteiger partial charge in [-0.05, 0) is 18.6 Å². The predicted octanol–water partition coefficient (Wildman–Crippen LogP) is 1.54. The number of nitrogens with zero attached hydrogens (tertiary/aromatic N) is 1. The highest BCUT2D eigenvalue weighted by molar-refractivity contribution is 7.17. The third kappa shape index (κ3) is 4.07. The summed E-state index contributed by atoms with van der Waals surface area (Å²) in [4.78, 5) is 23.8. The highest BCUT2D eigenvalue weighted by Crippen LogP contribution is 2.26. The SMILES string of the molecule is CCCCN(CC(N)=O)c1ccc(C(=O)O)s1. The van der Waals surface area contributed by atoms with Crippen LogP contribution in [0.1, 0.15) is 29.4 Å². The fourth-order valence-corrected chi connectivity index (χ4v) is 2.29. The molecule has 0 spiro atoms. The smallest absolute Gasteiger partial charge is 0.345 e. The number of carbonyl (C=O) groups is 2. The zero-order valence-electron chi connectivity index (χ0n) is 9.68. The van der Waals surface area contributed by atoms with Gasteiger partial charge in [0.25, 0.3) is 0 Å². The van der Waals surface area contributed by atoms with Crippen molar-refractivity contribution in [1.29, 1.82) is 0 Å². The molecule has 0 aromatic carbocycles. The number of thiophene rings is 1. The Kier molecular flexibility index (Phi) is 4.96. The minimum atomic E-state index is -0.948. The number of amides is 1. The normalized spacial score (nSPS) is 10.2. The standard InChI is InChI=1S/C11H16N2O3S/c1-2-3-6-13(7-9(12)14)10-5-4-8(17-10)11(15)16/h4-5H,2-3,6-7H2,1H3,(H2,12,14)(H,15,16). The average molecular weight is 256 g/mol. The van der Waals surface area contributed by atoms with E-state index in [2.05, 4.69) is 6.92 Å². The Bertz CT molecular complexity index is 403. The van der Waals surface area contributed by atoms with Crippen LogP contribution in [0.25, 0.3) is 0 Å². The highest BCUT2D eigenvalue weighted by Gasteiger charge is 2.14. The Labute approximate surface area is 104 Å². The lowest BCUT2D eigenvalue weighted by Gasteiger charge is -2.20. The summed E-state index contributed by atoms with van der Waals surface area (Å²) in [6, 6.07) is 3.26. The maximum atomic E-state index is 11.0. The van der Waals surface area contributed by atoms with E-state index < -0.39 is 11.9 Å². The van der Waals surface area contributed by atoms with Crippen molar-refractivity contribution in [2.75, 3.05) is 18.0 Å². The second-order valence-corrected chi connectivity index (χ2v) is 4.75. The van der Waals surface area contributed by atoms with E-state index in [9.17, 15) is 9.59 Å². The number of hydrogen-bond donors (Lipinski definition) is 2. The van der Waals surface area contributed by atoms with Gasteiger partial charge in [-0.1, -0.05) is 13.3 Å². The van der Waals surface area contributed by atoms with Crippen molar-refractivity contribution in [3.8, 4) is 0 Å². The Morgan fingerprint density at radius 1 is 1.47 bits per heavy atom. The Morgan fingerprint density at radius 3 is 2.65 bits per heavy atom. The molecule has 0 unspecified atom stereocenters. The number of hydrogen-bond acceptors (Lipinski definition) is 4. The van der Waals surface area contributed by atoms with E-state index in [0.717, 1.165) is 29.2 Å². The summed E-state index contributed by atoms with van der Waals surface area (Å²) in [7, 11) is 0. The van der Waals surface area contributed by atoms with E-state index in [1.54, 1.807) is 12.1 Å². The molecule has 0 aliphatic heterocycles. The van der Waals surface area contributed by atoms with Crippen LogP contribution in [-0.4, -0.2) is 30.1 Å². The number of primary amides is 1. The molecule has 0 saturated heterocycles. The van der Waals surface area contributed by atoms with E-state index in [-0.39, 0.29) is 11.4 Å². The molecular weight excluding hydrogens is 240 g/mol. The molecule has 0 radical (unpaired) electrons. The van der Waals surface area contributed by atoms with Crippen molar-refractivity contribution < 1.29 is 14.7 Å². The number of carboxylic acid groups (broad SMARTS) is 1. The molecule has 0 fully saturated rings. The Balaban J connectivity index is 2.79. The molecule has 1 heterocycles. The average Bonchev–Trinajstić information content (AvgIpc) is 2.72. The van der Waals surface area contributed by atoms with Crippen LogP contribution in [0.15, 0.2) is 12.1 Å². The molecule has 17 heavy (non-hydrogen) atoms. The van der Waals surface area contributed by atoms with Gasteiger partial charge in [0.05, 0.1) is 11.5 Å². The van der Waals surface area contributed by atoms with Crippen LogP contribution in [0.2, 0.25) is 0 Å². The first-order chi connectivity index (χ1) is 8.04. The van der Waals surface area contributed by atoms with Gasteiger partial charge in [0.1, 0.15) is 4.88 Å². The van der Waals surface area contributed by atoms with Crippen LogP contribution in [0.5, 0.6) is 0 Å². The van der Waals surface area contributed by atoms with Crippen molar-refractivity contribution in [2.45, 2.75) is 19.8 Å². The van der Waals surface area contributed by atoms with Crippen LogP contribution >= 0.6 is 11.3 Å². The molecule has 5 nitrogen and oxygen atoms in total. The third-order valence-corrected chi connectivity index (χ3v) is 3.38. The Morgan fingerprint density at radius 2 is 2.18 bits per heavy atom. The second-order valence-electron chi connectivity index (χ2n) is 3.68. The number of carboxylic acids is 1. The lowest BCUT2D eigenvalue weighted by molar-refractivity contribution is -0.116. The summed E-state index contributed by atoms with van der Waals surface area (Å²) in [6.07, 6.45) is 1.94. The van der Waals surface area contributed by atoms with E-state index in [0.29, 0.717) is 6.54 Å². The number of aromatic carboxylic acids is 1. The van der Waals surface area contributed by atoms with Gasteiger partial charge in [0.15, 0.2) is 0 Å². The van der Waals surface area contributed by atoms with Gasteiger partial charge in [0.2, 0.25) is 5.91 Å². The van der Waals surface area contributed by atoms with E-state index in [4.69, 9.17) is 10.8 Å². The number of anilines is 1. The molecule has 1 aromatic heterocycles. The predicted molar refractivity (Wildman–Crippen MR) is 67.6 cm³/mol. The van der Waals surface area contributed by atoms with Gasteiger partial charge in [-0.3, -0.25) is 4.79 Å². The van der Waals surface area contributed by atoms with Gasteiger partial charge in [-0.25, -0.2) is 4.79 Å². The molecule has 94 valence electrons. The van der Waals surface area contributed by atoms with Crippen LogP contribution in [0.4, 0.5) is 5.00 Å². The fourth-order valence-electron chi connectivity index (χ4n) is 1.42. The molecule has 0 aliphatic rings. The van der Waals surface area contributed by atoms with E-state index in [1.165, 1.54) is 0 Å². The minimum absolute atomic E-state index is 0.125. The van der Waals surface area contributed by atoms with E-state index >= 15 is 0 Å². The summed E-state index contributed by atoms with van der Waals surface area (Å²) >= 11 is 1.16.